The van der Waals surface area contributed by atoms with Gasteiger partial charge in [0.05, 0.1) is 5.92 Å². The summed E-state index contributed by atoms with van der Waals surface area (Å²) in [5.41, 5.74) is 0. The average molecular weight is 279 g/mol. The molecule has 0 aliphatic heterocycles. The molecular weight excluding hydrogens is 251 g/mol. The standard InChI is InChI=1S/C15H28F3N/c1-11(2)7-6-8-12(3)19-14-10-5-4-9-13(14)15(16,17)18/h11-14,19H,4-10H2,1-3H3. The normalized spacial score (nSPS) is 26.7. The molecule has 0 heterocycles. The van der Waals surface area contributed by atoms with Crippen molar-refractivity contribution >= 4 is 0 Å². The Balaban J connectivity index is 2.39. The van der Waals surface area contributed by atoms with Crippen molar-refractivity contribution in [1.29, 1.82) is 0 Å². The first-order valence-corrected chi connectivity index (χ1v) is 7.63. The zero-order chi connectivity index (χ0) is 14.5. The van der Waals surface area contributed by atoms with Gasteiger partial charge in [-0.25, -0.2) is 0 Å². The summed E-state index contributed by atoms with van der Waals surface area (Å²) < 4.78 is 38.9. The molecular formula is C15H28F3N. The van der Waals surface area contributed by atoms with Gasteiger partial charge in [-0.05, 0) is 32.1 Å². The van der Waals surface area contributed by atoms with Crippen molar-refractivity contribution in [3.63, 3.8) is 0 Å². The van der Waals surface area contributed by atoms with Gasteiger partial charge >= 0.3 is 6.18 Å². The number of nitrogens with one attached hydrogen (secondary N) is 1. The van der Waals surface area contributed by atoms with Crippen LogP contribution in [0.15, 0.2) is 0 Å². The summed E-state index contributed by atoms with van der Waals surface area (Å²) in [5.74, 6) is -0.474. The first-order valence-electron chi connectivity index (χ1n) is 7.63. The molecule has 0 radical (unpaired) electrons. The topological polar surface area (TPSA) is 12.0 Å². The minimum absolute atomic E-state index is 0.187. The van der Waals surface area contributed by atoms with Crippen molar-refractivity contribution in [2.75, 3.05) is 0 Å². The Labute approximate surface area is 115 Å². The van der Waals surface area contributed by atoms with Crippen LogP contribution in [0.2, 0.25) is 0 Å². The van der Waals surface area contributed by atoms with Crippen LogP contribution in [-0.4, -0.2) is 18.3 Å². The smallest absolute Gasteiger partial charge is 0.311 e. The van der Waals surface area contributed by atoms with E-state index >= 15 is 0 Å². The second-order valence-corrected chi connectivity index (χ2v) is 6.43. The van der Waals surface area contributed by atoms with Crippen LogP contribution in [0.4, 0.5) is 13.2 Å². The zero-order valence-electron chi connectivity index (χ0n) is 12.4. The third-order valence-electron chi connectivity index (χ3n) is 4.10. The molecule has 0 aromatic carbocycles. The van der Waals surface area contributed by atoms with Gasteiger partial charge in [-0.15, -0.1) is 0 Å². The highest BCUT2D eigenvalue weighted by Gasteiger charge is 2.45. The number of halogens is 3. The van der Waals surface area contributed by atoms with Gasteiger partial charge < -0.3 is 5.32 Å². The van der Waals surface area contributed by atoms with Gasteiger partial charge in [-0.1, -0.05) is 39.5 Å². The van der Waals surface area contributed by atoms with Crippen LogP contribution in [0, 0.1) is 11.8 Å². The molecule has 0 aromatic heterocycles. The average Bonchev–Trinajstić information content (AvgIpc) is 2.27. The first kappa shape index (κ1) is 16.8. The van der Waals surface area contributed by atoms with Crippen LogP contribution >= 0.6 is 0 Å². The minimum Gasteiger partial charge on any atom is -0.311 e. The van der Waals surface area contributed by atoms with Gasteiger partial charge in [0.2, 0.25) is 0 Å². The Morgan fingerprint density at radius 2 is 1.68 bits per heavy atom. The van der Waals surface area contributed by atoms with Crippen LogP contribution in [0.3, 0.4) is 0 Å². The molecule has 1 aliphatic carbocycles. The molecule has 1 rings (SSSR count). The lowest BCUT2D eigenvalue weighted by Crippen LogP contribution is -2.48. The molecule has 3 unspecified atom stereocenters. The van der Waals surface area contributed by atoms with E-state index in [0.717, 1.165) is 25.7 Å². The maximum atomic E-state index is 13.0. The van der Waals surface area contributed by atoms with Gasteiger partial charge in [0.1, 0.15) is 0 Å². The molecule has 19 heavy (non-hydrogen) atoms. The maximum Gasteiger partial charge on any atom is 0.393 e. The lowest BCUT2D eigenvalue weighted by atomic mass is 9.83. The predicted octanol–water partition coefficient (Wildman–Crippen LogP) is 4.91. The van der Waals surface area contributed by atoms with Crippen molar-refractivity contribution in [2.24, 2.45) is 11.8 Å². The summed E-state index contributed by atoms with van der Waals surface area (Å²) >= 11 is 0. The highest BCUT2D eigenvalue weighted by Crippen LogP contribution is 2.38. The van der Waals surface area contributed by atoms with Crippen molar-refractivity contribution in [3.8, 4) is 0 Å². The number of hydrogen-bond acceptors (Lipinski definition) is 1. The SMILES string of the molecule is CC(C)CCCC(C)NC1CCCCC1C(F)(F)F. The van der Waals surface area contributed by atoms with E-state index in [4.69, 9.17) is 0 Å². The van der Waals surface area contributed by atoms with E-state index in [1.807, 2.05) is 6.92 Å². The van der Waals surface area contributed by atoms with E-state index in [-0.39, 0.29) is 12.1 Å². The van der Waals surface area contributed by atoms with Crippen LogP contribution in [0.1, 0.15) is 65.7 Å². The summed E-state index contributed by atoms with van der Waals surface area (Å²) in [6, 6.07) is -0.186. The van der Waals surface area contributed by atoms with E-state index in [1.54, 1.807) is 0 Å². The highest BCUT2D eigenvalue weighted by molar-refractivity contribution is 4.87. The summed E-state index contributed by atoms with van der Waals surface area (Å²) in [6.45, 7) is 6.38. The van der Waals surface area contributed by atoms with Crippen LogP contribution < -0.4 is 5.32 Å². The van der Waals surface area contributed by atoms with E-state index in [1.165, 1.54) is 0 Å². The van der Waals surface area contributed by atoms with Gasteiger partial charge in [0, 0.05) is 12.1 Å². The second-order valence-electron chi connectivity index (χ2n) is 6.43. The molecule has 1 N–H and O–H groups in total. The molecule has 4 heteroatoms. The molecule has 0 amide bonds. The molecule has 0 spiro atoms. The highest BCUT2D eigenvalue weighted by atomic mass is 19.4. The minimum atomic E-state index is -4.05. The fourth-order valence-electron chi connectivity index (χ4n) is 3.00. The first-order chi connectivity index (χ1) is 8.80. The lowest BCUT2D eigenvalue weighted by Gasteiger charge is -2.35. The number of hydrogen-bond donors (Lipinski definition) is 1. The van der Waals surface area contributed by atoms with E-state index in [0.29, 0.717) is 25.2 Å². The summed E-state index contributed by atoms with van der Waals surface area (Å²) in [5, 5.41) is 3.23. The van der Waals surface area contributed by atoms with Crippen LogP contribution in [0.5, 0.6) is 0 Å². The van der Waals surface area contributed by atoms with Crippen LogP contribution in [-0.2, 0) is 0 Å². The van der Waals surface area contributed by atoms with E-state index < -0.39 is 12.1 Å². The fraction of sp³-hybridized carbons (Fsp3) is 1.00. The quantitative estimate of drug-likeness (QED) is 0.728. The molecule has 3 atom stereocenters. The number of alkyl halides is 3. The Morgan fingerprint density at radius 3 is 2.26 bits per heavy atom. The summed E-state index contributed by atoms with van der Waals surface area (Å²) in [4.78, 5) is 0. The molecule has 1 aliphatic rings. The Kier molecular flexibility index (Phi) is 6.64. The Hall–Kier alpha value is -0.250. The molecule has 1 saturated carbocycles. The Bertz CT molecular complexity index is 250. The predicted molar refractivity (Wildman–Crippen MR) is 73.1 cm³/mol. The van der Waals surface area contributed by atoms with E-state index in [2.05, 4.69) is 19.2 Å². The van der Waals surface area contributed by atoms with Gasteiger partial charge in [0.15, 0.2) is 0 Å². The Morgan fingerprint density at radius 1 is 1.05 bits per heavy atom. The molecule has 0 aromatic rings. The van der Waals surface area contributed by atoms with Crippen molar-refractivity contribution in [2.45, 2.75) is 84.0 Å². The van der Waals surface area contributed by atoms with Crippen molar-refractivity contribution in [3.05, 3.63) is 0 Å². The summed E-state index contributed by atoms with van der Waals surface area (Å²) in [7, 11) is 0. The maximum absolute atomic E-state index is 13.0. The van der Waals surface area contributed by atoms with E-state index in [9.17, 15) is 13.2 Å². The van der Waals surface area contributed by atoms with Crippen molar-refractivity contribution < 1.29 is 13.2 Å². The third kappa shape index (κ3) is 6.15. The molecule has 0 saturated heterocycles. The largest absolute Gasteiger partial charge is 0.393 e. The molecule has 0 bridgehead atoms. The second kappa shape index (κ2) is 7.51. The number of rotatable bonds is 6. The van der Waals surface area contributed by atoms with Gasteiger partial charge in [0.25, 0.3) is 0 Å². The fourth-order valence-corrected chi connectivity index (χ4v) is 3.00. The zero-order valence-corrected chi connectivity index (χ0v) is 12.4. The van der Waals surface area contributed by atoms with Gasteiger partial charge in [-0.3, -0.25) is 0 Å². The monoisotopic (exact) mass is 279 g/mol. The molecule has 1 nitrogen and oxygen atoms in total. The molecule has 114 valence electrons. The summed E-state index contributed by atoms with van der Waals surface area (Å²) in [6.07, 6.45) is 1.76. The van der Waals surface area contributed by atoms with Gasteiger partial charge in [-0.2, -0.15) is 13.2 Å². The third-order valence-corrected chi connectivity index (χ3v) is 4.10. The van der Waals surface area contributed by atoms with Crippen molar-refractivity contribution in [1.82, 2.24) is 5.32 Å². The van der Waals surface area contributed by atoms with Crippen LogP contribution in [0.25, 0.3) is 0 Å². The molecule has 1 fully saturated rings. The lowest BCUT2D eigenvalue weighted by molar-refractivity contribution is -0.189.